The highest BCUT2D eigenvalue weighted by Gasteiger charge is 2.27. The van der Waals surface area contributed by atoms with E-state index in [2.05, 4.69) is 20.8 Å². The van der Waals surface area contributed by atoms with Crippen LogP contribution in [0.5, 0.6) is 0 Å². The van der Waals surface area contributed by atoms with Crippen LogP contribution < -0.4 is 5.73 Å². The predicted molar refractivity (Wildman–Crippen MR) is 84.1 cm³/mol. The maximum atomic E-state index is 10.9. The summed E-state index contributed by atoms with van der Waals surface area (Å²) in [5, 5.41) is 10.9. The maximum absolute atomic E-state index is 10.9. The fourth-order valence-corrected chi connectivity index (χ4v) is 3.32. The second-order valence-electron chi connectivity index (χ2n) is 5.32. The highest BCUT2D eigenvalue weighted by atomic mass is 79.9. The van der Waals surface area contributed by atoms with E-state index >= 15 is 0 Å². The van der Waals surface area contributed by atoms with Gasteiger partial charge < -0.3 is 10.5 Å². The smallest absolute Gasteiger partial charge is 0.270 e. The molecule has 116 valence electrons. The zero-order valence-corrected chi connectivity index (χ0v) is 13.6. The number of rotatable bonds is 5. The molecular formula is C14H20BrN3O3. The van der Waals surface area contributed by atoms with E-state index in [4.69, 9.17) is 10.5 Å². The van der Waals surface area contributed by atoms with Crippen molar-refractivity contribution in [2.24, 2.45) is 5.73 Å². The summed E-state index contributed by atoms with van der Waals surface area (Å²) in [7, 11) is 1.73. The molecule has 1 aliphatic rings. The first kappa shape index (κ1) is 16.4. The van der Waals surface area contributed by atoms with Crippen LogP contribution in [0.15, 0.2) is 22.7 Å². The van der Waals surface area contributed by atoms with Crippen molar-refractivity contribution in [3.63, 3.8) is 0 Å². The third kappa shape index (κ3) is 4.23. The summed E-state index contributed by atoms with van der Waals surface area (Å²) in [5.74, 6) is 0. The molecule has 0 saturated carbocycles. The van der Waals surface area contributed by atoms with E-state index in [1.807, 2.05) is 6.07 Å². The molecule has 1 heterocycles. The Bertz CT molecular complexity index is 512. The minimum absolute atomic E-state index is 0.107. The van der Waals surface area contributed by atoms with Gasteiger partial charge in [0.05, 0.1) is 11.0 Å². The van der Waals surface area contributed by atoms with Crippen LogP contribution in [0.1, 0.15) is 18.4 Å². The van der Waals surface area contributed by atoms with Gasteiger partial charge in [-0.2, -0.15) is 0 Å². The number of non-ortho nitro benzene ring substituents is 1. The van der Waals surface area contributed by atoms with Gasteiger partial charge in [-0.05, 0) is 24.5 Å². The molecular weight excluding hydrogens is 338 g/mol. The number of nitro groups is 1. The lowest BCUT2D eigenvalue weighted by Crippen LogP contribution is -2.47. The van der Waals surface area contributed by atoms with E-state index < -0.39 is 0 Å². The van der Waals surface area contributed by atoms with Crippen molar-refractivity contribution >= 4 is 21.6 Å². The van der Waals surface area contributed by atoms with Crippen molar-refractivity contribution in [1.82, 2.24) is 4.90 Å². The second kappa shape index (κ2) is 7.31. The molecule has 1 aromatic carbocycles. The number of nitrogens with two attached hydrogens (primary N) is 1. The Kier molecular flexibility index (Phi) is 5.69. The van der Waals surface area contributed by atoms with Crippen molar-refractivity contribution < 1.29 is 9.66 Å². The Morgan fingerprint density at radius 2 is 2.29 bits per heavy atom. The quantitative estimate of drug-likeness (QED) is 0.645. The standard InChI is InChI=1S/C14H20BrN3O3/c1-21-14-2-3-17(13(7-14)8-16)9-10-4-11(15)6-12(5-10)18(19)20/h4-6,13-14H,2-3,7-9,16H2,1H3. The minimum Gasteiger partial charge on any atom is -0.381 e. The Labute approximate surface area is 132 Å². The Morgan fingerprint density at radius 3 is 2.90 bits per heavy atom. The number of benzene rings is 1. The van der Waals surface area contributed by atoms with Crippen LogP contribution in [0.2, 0.25) is 0 Å². The molecule has 2 unspecified atom stereocenters. The van der Waals surface area contributed by atoms with E-state index in [0.717, 1.165) is 29.4 Å². The molecule has 1 fully saturated rings. The highest BCUT2D eigenvalue weighted by molar-refractivity contribution is 9.10. The Hall–Kier alpha value is -1.02. The molecule has 0 aliphatic carbocycles. The summed E-state index contributed by atoms with van der Waals surface area (Å²) in [6.45, 7) is 2.12. The molecule has 2 rings (SSSR count). The van der Waals surface area contributed by atoms with Crippen molar-refractivity contribution in [3.05, 3.63) is 38.3 Å². The van der Waals surface area contributed by atoms with E-state index in [1.165, 1.54) is 6.07 Å². The van der Waals surface area contributed by atoms with Gasteiger partial charge in [-0.25, -0.2) is 0 Å². The molecule has 2 atom stereocenters. The van der Waals surface area contributed by atoms with Crippen LogP contribution in [0.4, 0.5) is 5.69 Å². The summed E-state index contributed by atoms with van der Waals surface area (Å²) >= 11 is 3.33. The van der Waals surface area contributed by atoms with E-state index in [1.54, 1.807) is 13.2 Å². The Balaban J connectivity index is 2.12. The van der Waals surface area contributed by atoms with Gasteiger partial charge in [-0.3, -0.25) is 15.0 Å². The number of nitrogens with zero attached hydrogens (tertiary/aromatic N) is 2. The zero-order valence-electron chi connectivity index (χ0n) is 12.0. The summed E-state index contributed by atoms with van der Waals surface area (Å²) in [6.07, 6.45) is 2.12. The number of likely N-dealkylation sites (tertiary alicyclic amines) is 1. The van der Waals surface area contributed by atoms with Crippen LogP contribution in [-0.4, -0.2) is 42.2 Å². The zero-order chi connectivity index (χ0) is 15.4. The van der Waals surface area contributed by atoms with Crippen LogP contribution >= 0.6 is 15.9 Å². The lowest BCUT2D eigenvalue weighted by Gasteiger charge is -2.38. The first-order valence-electron chi connectivity index (χ1n) is 6.94. The number of methoxy groups -OCH3 is 1. The molecule has 0 aromatic heterocycles. The molecule has 0 amide bonds. The maximum Gasteiger partial charge on any atom is 0.270 e. The number of hydrogen-bond acceptors (Lipinski definition) is 5. The number of hydrogen-bond donors (Lipinski definition) is 1. The van der Waals surface area contributed by atoms with E-state index in [9.17, 15) is 10.1 Å². The molecule has 0 spiro atoms. The molecule has 1 saturated heterocycles. The highest BCUT2D eigenvalue weighted by Crippen LogP contribution is 2.25. The fourth-order valence-electron chi connectivity index (χ4n) is 2.79. The van der Waals surface area contributed by atoms with Crippen LogP contribution in [0.25, 0.3) is 0 Å². The molecule has 6 nitrogen and oxygen atoms in total. The molecule has 0 bridgehead atoms. The molecule has 1 aromatic rings. The first-order chi connectivity index (χ1) is 10.0. The number of nitro benzene ring substituents is 1. The fraction of sp³-hybridized carbons (Fsp3) is 0.571. The summed E-state index contributed by atoms with van der Waals surface area (Å²) in [5.41, 5.74) is 6.89. The Morgan fingerprint density at radius 1 is 1.52 bits per heavy atom. The van der Waals surface area contributed by atoms with Crippen LogP contribution in [0.3, 0.4) is 0 Å². The lowest BCUT2D eigenvalue weighted by atomic mass is 9.98. The lowest BCUT2D eigenvalue weighted by molar-refractivity contribution is -0.385. The number of piperidine rings is 1. The topological polar surface area (TPSA) is 81.6 Å². The largest absolute Gasteiger partial charge is 0.381 e. The van der Waals surface area contributed by atoms with Gasteiger partial charge in [-0.15, -0.1) is 0 Å². The minimum atomic E-state index is -0.369. The molecule has 2 N–H and O–H groups in total. The predicted octanol–water partition coefficient (Wildman–Crippen LogP) is 2.30. The second-order valence-corrected chi connectivity index (χ2v) is 6.23. The van der Waals surface area contributed by atoms with Gasteiger partial charge in [0, 0.05) is 49.4 Å². The van der Waals surface area contributed by atoms with Crippen LogP contribution in [-0.2, 0) is 11.3 Å². The molecule has 1 aliphatic heterocycles. The molecule has 21 heavy (non-hydrogen) atoms. The SMILES string of the molecule is COC1CCN(Cc2cc(Br)cc([N+](=O)[O-])c2)C(CN)C1. The first-order valence-corrected chi connectivity index (χ1v) is 7.73. The summed E-state index contributed by atoms with van der Waals surface area (Å²) in [4.78, 5) is 12.8. The van der Waals surface area contributed by atoms with Gasteiger partial charge in [0.15, 0.2) is 0 Å². The van der Waals surface area contributed by atoms with Gasteiger partial charge in [0.2, 0.25) is 0 Å². The number of ether oxygens (including phenoxy) is 1. The van der Waals surface area contributed by atoms with Gasteiger partial charge in [-0.1, -0.05) is 15.9 Å². The molecule has 7 heteroatoms. The monoisotopic (exact) mass is 357 g/mol. The van der Waals surface area contributed by atoms with Crippen molar-refractivity contribution in [3.8, 4) is 0 Å². The third-order valence-electron chi connectivity index (χ3n) is 3.93. The van der Waals surface area contributed by atoms with Gasteiger partial charge in [0.1, 0.15) is 0 Å². The van der Waals surface area contributed by atoms with Crippen molar-refractivity contribution in [1.29, 1.82) is 0 Å². The normalized spacial score (nSPS) is 23.2. The average Bonchev–Trinajstić information content (AvgIpc) is 2.47. The van der Waals surface area contributed by atoms with Crippen molar-refractivity contribution in [2.75, 3.05) is 20.2 Å². The van der Waals surface area contributed by atoms with Gasteiger partial charge >= 0.3 is 0 Å². The molecule has 0 radical (unpaired) electrons. The van der Waals surface area contributed by atoms with Crippen molar-refractivity contribution in [2.45, 2.75) is 31.5 Å². The summed E-state index contributed by atoms with van der Waals surface area (Å²) in [6, 6.07) is 5.31. The van der Waals surface area contributed by atoms with Crippen LogP contribution in [0, 0.1) is 10.1 Å². The third-order valence-corrected chi connectivity index (χ3v) is 4.39. The number of halogens is 1. The summed E-state index contributed by atoms with van der Waals surface area (Å²) < 4.78 is 6.14. The van der Waals surface area contributed by atoms with E-state index in [-0.39, 0.29) is 22.8 Å². The average molecular weight is 358 g/mol. The van der Waals surface area contributed by atoms with Gasteiger partial charge in [0.25, 0.3) is 5.69 Å². The van der Waals surface area contributed by atoms with E-state index in [0.29, 0.717) is 13.1 Å².